The molecule has 0 atom stereocenters. The van der Waals surface area contributed by atoms with Crippen molar-refractivity contribution in [3.8, 4) is 0 Å². The lowest BCUT2D eigenvalue weighted by Gasteiger charge is -2.34. The number of amides is 1. The Balaban J connectivity index is 1.27. The zero-order valence-electron chi connectivity index (χ0n) is 19.8. The van der Waals surface area contributed by atoms with Gasteiger partial charge in [0, 0.05) is 51.3 Å². The molecule has 1 fully saturated rings. The Hall–Kier alpha value is -2.70. The number of nitrogens with zero attached hydrogens (tertiary/aromatic N) is 2. The molecule has 3 rings (SSSR count). The highest BCUT2D eigenvalue weighted by molar-refractivity contribution is 5.90. The number of carbonyl (C=O) groups excluding carboxylic acids is 2. The maximum atomic E-state index is 12.4. The van der Waals surface area contributed by atoms with Crippen molar-refractivity contribution in [1.29, 1.82) is 0 Å². The third-order valence-corrected chi connectivity index (χ3v) is 6.21. The van der Waals surface area contributed by atoms with E-state index in [1.54, 1.807) is 0 Å². The van der Waals surface area contributed by atoms with Crippen LogP contribution in [-0.4, -0.2) is 68.1 Å². The minimum atomic E-state index is -0.177. The molecule has 0 aliphatic carbocycles. The van der Waals surface area contributed by atoms with Crippen LogP contribution in [0.15, 0.2) is 54.6 Å². The summed E-state index contributed by atoms with van der Waals surface area (Å²) < 4.78 is 4.66. The fraction of sp³-hybridized carbons (Fsp3) is 0.481. The zero-order valence-corrected chi connectivity index (χ0v) is 19.8. The van der Waals surface area contributed by atoms with Crippen LogP contribution in [0.2, 0.25) is 0 Å². The predicted molar refractivity (Wildman–Crippen MR) is 132 cm³/mol. The summed E-state index contributed by atoms with van der Waals surface area (Å²) in [6.07, 6.45) is 4.85. The minimum absolute atomic E-state index is 0.0544. The minimum Gasteiger partial charge on any atom is -0.469 e. The number of methoxy groups -OCH3 is 1. The van der Waals surface area contributed by atoms with Gasteiger partial charge < -0.3 is 19.9 Å². The monoisotopic (exact) mass is 451 g/mol. The quantitative estimate of drug-likeness (QED) is 0.498. The van der Waals surface area contributed by atoms with Crippen molar-refractivity contribution in [2.75, 3.05) is 51.7 Å². The van der Waals surface area contributed by atoms with E-state index in [2.05, 4.69) is 50.2 Å². The first kappa shape index (κ1) is 24.9. The van der Waals surface area contributed by atoms with E-state index in [0.29, 0.717) is 12.8 Å². The molecule has 6 heteroatoms. The summed E-state index contributed by atoms with van der Waals surface area (Å²) in [6, 6.07) is 18.5. The van der Waals surface area contributed by atoms with Crippen molar-refractivity contribution >= 4 is 17.6 Å². The van der Waals surface area contributed by atoms with Gasteiger partial charge >= 0.3 is 5.97 Å². The topological polar surface area (TPSA) is 61.9 Å². The van der Waals surface area contributed by atoms with Crippen LogP contribution < -0.4 is 5.32 Å². The molecule has 1 aliphatic heterocycles. The summed E-state index contributed by atoms with van der Waals surface area (Å²) in [7, 11) is 1.41. The molecule has 1 N–H and O–H groups in total. The van der Waals surface area contributed by atoms with Crippen molar-refractivity contribution in [3.05, 3.63) is 65.7 Å². The van der Waals surface area contributed by atoms with Gasteiger partial charge in [0.25, 0.3) is 0 Å². The summed E-state index contributed by atoms with van der Waals surface area (Å²) in [5.41, 5.74) is 3.38. The second kappa shape index (κ2) is 13.8. The molecule has 0 aromatic heterocycles. The number of hydrogen-bond donors (Lipinski definition) is 1. The summed E-state index contributed by atoms with van der Waals surface area (Å²) in [5, 5.41) is 2.99. The number of anilines is 1. The summed E-state index contributed by atoms with van der Waals surface area (Å²) >= 11 is 0. The SMILES string of the molecule is COC(=O)CCCc1ccc(NC(=O)CCN2CCN(CCCc3ccccc3)CC2)cc1. The van der Waals surface area contributed by atoms with Gasteiger partial charge in [-0.1, -0.05) is 42.5 Å². The summed E-state index contributed by atoms with van der Waals surface area (Å²) in [4.78, 5) is 28.5. The molecule has 6 nitrogen and oxygen atoms in total. The van der Waals surface area contributed by atoms with Crippen molar-refractivity contribution in [2.24, 2.45) is 0 Å². The highest BCUT2D eigenvalue weighted by Crippen LogP contribution is 2.13. The molecule has 1 aliphatic rings. The van der Waals surface area contributed by atoms with Gasteiger partial charge in [0.1, 0.15) is 0 Å². The van der Waals surface area contributed by atoms with Crippen LogP contribution in [0.5, 0.6) is 0 Å². The number of rotatable bonds is 12. The van der Waals surface area contributed by atoms with Gasteiger partial charge in [-0.3, -0.25) is 9.59 Å². The Labute approximate surface area is 197 Å². The number of nitrogens with one attached hydrogen (secondary N) is 1. The lowest BCUT2D eigenvalue weighted by Crippen LogP contribution is -2.47. The second-order valence-corrected chi connectivity index (χ2v) is 8.70. The van der Waals surface area contributed by atoms with Crippen molar-refractivity contribution in [3.63, 3.8) is 0 Å². The van der Waals surface area contributed by atoms with E-state index in [1.165, 1.54) is 19.1 Å². The molecule has 1 saturated heterocycles. The van der Waals surface area contributed by atoms with Crippen LogP contribution in [0, 0.1) is 0 Å². The molecule has 0 spiro atoms. The van der Waals surface area contributed by atoms with Gasteiger partial charge in [0.2, 0.25) is 5.91 Å². The van der Waals surface area contributed by atoms with Crippen LogP contribution >= 0.6 is 0 Å². The normalized spacial score (nSPS) is 14.7. The fourth-order valence-corrected chi connectivity index (χ4v) is 4.16. The van der Waals surface area contributed by atoms with Gasteiger partial charge in [0.05, 0.1) is 7.11 Å². The van der Waals surface area contributed by atoms with E-state index in [-0.39, 0.29) is 11.9 Å². The van der Waals surface area contributed by atoms with Crippen LogP contribution in [0.1, 0.15) is 36.8 Å². The van der Waals surface area contributed by atoms with E-state index in [1.807, 2.05) is 24.3 Å². The largest absolute Gasteiger partial charge is 0.469 e. The molecular formula is C27H37N3O3. The molecule has 33 heavy (non-hydrogen) atoms. The van der Waals surface area contributed by atoms with E-state index in [9.17, 15) is 9.59 Å². The fourth-order valence-electron chi connectivity index (χ4n) is 4.16. The number of benzene rings is 2. The molecule has 0 unspecified atom stereocenters. The molecule has 0 bridgehead atoms. The molecule has 1 heterocycles. The Morgan fingerprint density at radius 2 is 1.39 bits per heavy atom. The first-order valence-electron chi connectivity index (χ1n) is 12.1. The van der Waals surface area contributed by atoms with Crippen molar-refractivity contribution in [1.82, 2.24) is 9.80 Å². The summed E-state index contributed by atoms with van der Waals surface area (Å²) in [5.74, 6) is -0.123. The molecule has 1 amide bonds. The number of piperazine rings is 1. The lowest BCUT2D eigenvalue weighted by atomic mass is 10.1. The molecule has 178 valence electrons. The summed E-state index contributed by atoms with van der Waals surface area (Å²) in [6.45, 7) is 6.15. The Morgan fingerprint density at radius 1 is 0.788 bits per heavy atom. The third kappa shape index (κ3) is 9.36. The molecular weight excluding hydrogens is 414 g/mol. The number of aryl methyl sites for hydroxylation is 2. The first-order valence-corrected chi connectivity index (χ1v) is 12.1. The maximum absolute atomic E-state index is 12.4. The maximum Gasteiger partial charge on any atom is 0.305 e. The predicted octanol–water partition coefficient (Wildman–Crippen LogP) is 3.76. The van der Waals surface area contributed by atoms with Gasteiger partial charge in [0.15, 0.2) is 0 Å². The van der Waals surface area contributed by atoms with Gasteiger partial charge in [-0.25, -0.2) is 0 Å². The Bertz CT molecular complexity index is 847. The van der Waals surface area contributed by atoms with Crippen LogP contribution in [0.25, 0.3) is 0 Å². The molecule has 2 aromatic rings. The number of ether oxygens (including phenoxy) is 1. The average molecular weight is 452 g/mol. The van der Waals surface area contributed by atoms with Crippen LogP contribution in [0.4, 0.5) is 5.69 Å². The smallest absolute Gasteiger partial charge is 0.305 e. The third-order valence-electron chi connectivity index (χ3n) is 6.21. The van der Waals surface area contributed by atoms with E-state index in [0.717, 1.165) is 69.8 Å². The highest BCUT2D eigenvalue weighted by Gasteiger charge is 2.17. The van der Waals surface area contributed by atoms with Crippen molar-refractivity contribution < 1.29 is 14.3 Å². The lowest BCUT2D eigenvalue weighted by molar-refractivity contribution is -0.140. The first-order chi connectivity index (χ1) is 16.1. The van der Waals surface area contributed by atoms with Gasteiger partial charge in [-0.15, -0.1) is 0 Å². The van der Waals surface area contributed by atoms with Crippen molar-refractivity contribution in [2.45, 2.75) is 38.5 Å². The second-order valence-electron chi connectivity index (χ2n) is 8.70. The van der Waals surface area contributed by atoms with Crippen LogP contribution in [0.3, 0.4) is 0 Å². The number of carbonyl (C=O) groups is 2. The highest BCUT2D eigenvalue weighted by atomic mass is 16.5. The van der Waals surface area contributed by atoms with Gasteiger partial charge in [-0.2, -0.15) is 0 Å². The molecule has 0 radical (unpaired) electrons. The number of hydrogen-bond acceptors (Lipinski definition) is 5. The number of esters is 1. The average Bonchev–Trinajstić information content (AvgIpc) is 2.85. The molecule has 0 saturated carbocycles. The Kier molecular flexibility index (Phi) is 10.4. The van der Waals surface area contributed by atoms with E-state index < -0.39 is 0 Å². The zero-order chi connectivity index (χ0) is 23.3. The van der Waals surface area contributed by atoms with Gasteiger partial charge in [-0.05, 0) is 55.5 Å². The Morgan fingerprint density at radius 3 is 2.06 bits per heavy atom. The van der Waals surface area contributed by atoms with E-state index >= 15 is 0 Å². The van der Waals surface area contributed by atoms with E-state index in [4.69, 9.17) is 0 Å². The molecule has 2 aromatic carbocycles. The van der Waals surface area contributed by atoms with Crippen LogP contribution in [-0.2, 0) is 27.2 Å². The standard InChI is InChI=1S/C27H37N3O3/c1-33-27(32)11-5-9-24-12-14-25(15-13-24)28-26(31)16-18-30-21-19-29(20-22-30)17-6-10-23-7-3-2-4-8-23/h2-4,7-8,12-15H,5-6,9-11,16-22H2,1H3,(H,28,31).